The lowest BCUT2D eigenvalue weighted by Crippen LogP contribution is -1.77. The largest absolute Gasteiger partial charge is 0.292 e. The summed E-state index contributed by atoms with van der Waals surface area (Å²) in [5.41, 5.74) is 0. The van der Waals surface area contributed by atoms with Gasteiger partial charge in [0.25, 0.3) is 0 Å². The van der Waals surface area contributed by atoms with Crippen LogP contribution in [-0.2, 0) is 0 Å². The number of hydrogen-bond donors (Lipinski definition) is 0. The van der Waals surface area contributed by atoms with Crippen molar-refractivity contribution in [1.82, 2.24) is 0 Å². The predicted octanol–water partition coefficient (Wildman–Crippen LogP) is 1.63. The minimum atomic E-state index is 0.802. The number of hydrogen-bond acceptors (Lipinski definition) is 2. The van der Waals surface area contributed by atoms with Crippen molar-refractivity contribution in [3.05, 3.63) is 12.7 Å². The molecule has 0 heterocycles. The van der Waals surface area contributed by atoms with Gasteiger partial charge in [0.15, 0.2) is 0 Å². The Labute approximate surface area is 55.1 Å². The zero-order valence-electron chi connectivity index (χ0n) is 4.71. The zero-order valence-corrected chi connectivity index (χ0v) is 5.53. The first-order valence-electron chi connectivity index (χ1n) is 2.46. The van der Waals surface area contributed by atoms with E-state index in [-0.39, 0.29) is 0 Å². The second-order valence-corrected chi connectivity index (χ2v) is 1.54. The Bertz CT molecular complexity index is 96.7. The van der Waals surface area contributed by atoms with Crippen LogP contribution in [0.15, 0.2) is 17.6 Å². The van der Waals surface area contributed by atoms with E-state index in [4.69, 9.17) is 0 Å². The van der Waals surface area contributed by atoms with E-state index in [0.717, 1.165) is 13.0 Å². The highest BCUT2D eigenvalue weighted by Crippen LogP contribution is 1.77. The number of thiocarbonyl (C=S) groups is 1. The Morgan fingerprint density at radius 3 is 2.88 bits per heavy atom. The SMILES string of the molecule is C=CCCN=CC=S. The van der Waals surface area contributed by atoms with Crippen molar-refractivity contribution in [2.75, 3.05) is 6.54 Å². The summed E-state index contributed by atoms with van der Waals surface area (Å²) in [6, 6.07) is 0. The highest BCUT2D eigenvalue weighted by molar-refractivity contribution is 7.80. The average molecular weight is 127 g/mol. The molecule has 8 heavy (non-hydrogen) atoms. The molecule has 0 aliphatic heterocycles. The third-order valence-corrected chi connectivity index (χ3v) is 0.750. The van der Waals surface area contributed by atoms with Gasteiger partial charge in [-0.1, -0.05) is 18.3 Å². The summed E-state index contributed by atoms with van der Waals surface area (Å²) < 4.78 is 0. The summed E-state index contributed by atoms with van der Waals surface area (Å²) in [7, 11) is 0. The van der Waals surface area contributed by atoms with Crippen molar-refractivity contribution >= 4 is 23.8 Å². The van der Waals surface area contributed by atoms with Gasteiger partial charge < -0.3 is 0 Å². The molecule has 0 aromatic heterocycles. The summed E-state index contributed by atoms with van der Waals surface area (Å²) in [6.45, 7) is 4.35. The monoisotopic (exact) mass is 127 g/mol. The van der Waals surface area contributed by atoms with E-state index in [1.165, 1.54) is 5.37 Å². The molecule has 0 aromatic carbocycles. The van der Waals surface area contributed by atoms with E-state index in [1.807, 2.05) is 6.08 Å². The molecule has 2 heteroatoms. The first-order chi connectivity index (χ1) is 3.91. The molecule has 0 bridgehead atoms. The topological polar surface area (TPSA) is 12.4 Å². The van der Waals surface area contributed by atoms with Gasteiger partial charge in [-0.15, -0.1) is 6.58 Å². The number of rotatable bonds is 4. The van der Waals surface area contributed by atoms with Crippen LogP contribution in [0.1, 0.15) is 6.42 Å². The Morgan fingerprint density at radius 2 is 2.38 bits per heavy atom. The lowest BCUT2D eigenvalue weighted by Gasteiger charge is -1.80. The van der Waals surface area contributed by atoms with E-state index in [9.17, 15) is 0 Å². The zero-order chi connectivity index (χ0) is 6.24. The van der Waals surface area contributed by atoms with Crippen LogP contribution < -0.4 is 0 Å². The van der Waals surface area contributed by atoms with Gasteiger partial charge in [-0.25, -0.2) is 0 Å². The number of nitrogens with zero attached hydrogens (tertiary/aromatic N) is 1. The summed E-state index contributed by atoms with van der Waals surface area (Å²) in [5.74, 6) is 0. The highest BCUT2D eigenvalue weighted by Gasteiger charge is 1.69. The summed E-state index contributed by atoms with van der Waals surface area (Å²) in [4.78, 5) is 3.92. The fraction of sp³-hybridized carbons (Fsp3) is 0.333. The van der Waals surface area contributed by atoms with Gasteiger partial charge in [0, 0.05) is 18.1 Å². The second kappa shape index (κ2) is 6.50. The van der Waals surface area contributed by atoms with E-state index < -0.39 is 0 Å². The van der Waals surface area contributed by atoms with Crippen molar-refractivity contribution in [1.29, 1.82) is 0 Å². The minimum Gasteiger partial charge on any atom is -0.292 e. The minimum absolute atomic E-state index is 0.802. The van der Waals surface area contributed by atoms with Crippen LogP contribution in [0, 0.1) is 0 Å². The quantitative estimate of drug-likeness (QED) is 0.242. The van der Waals surface area contributed by atoms with Crippen molar-refractivity contribution in [2.24, 2.45) is 4.99 Å². The van der Waals surface area contributed by atoms with E-state index >= 15 is 0 Å². The van der Waals surface area contributed by atoms with Gasteiger partial charge in [-0.2, -0.15) is 0 Å². The molecule has 44 valence electrons. The molecule has 0 fully saturated rings. The van der Waals surface area contributed by atoms with Crippen LogP contribution in [0.5, 0.6) is 0 Å². The molecule has 0 unspecified atom stereocenters. The summed E-state index contributed by atoms with van der Waals surface area (Å²) >= 11 is 4.50. The molecule has 1 nitrogen and oxygen atoms in total. The predicted molar refractivity (Wildman–Crippen MR) is 41.8 cm³/mol. The van der Waals surface area contributed by atoms with Crippen LogP contribution in [0.2, 0.25) is 0 Å². The molecular formula is C6H9NS. The Morgan fingerprint density at radius 1 is 1.62 bits per heavy atom. The lowest BCUT2D eigenvalue weighted by molar-refractivity contribution is 1.02. The first-order valence-corrected chi connectivity index (χ1v) is 2.93. The first kappa shape index (κ1) is 7.50. The molecule has 0 rings (SSSR count). The second-order valence-electron chi connectivity index (χ2n) is 1.27. The van der Waals surface area contributed by atoms with Crippen LogP contribution in [0.4, 0.5) is 0 Å². The maximum atomic E-state index is 4.50. The maximum Gasteiger partial charge on any atom is 0.0424 e. The smallest absolute Gasteiger partial charge is 0.0424 e. The Hall–Kier alpha value is -0.500. The fourth-order valence-corrected chi connectivity index (χ4v) is 0.369. The molecule has 0 N–H and O–H groups in total. The van der Waals surface area contributed by atoms with Crippen molar-refractivity contribution in [2.45, 2.75) is 6.42 Å². The molecule has 0 amide bonds. The normalized spacial score (nSPS) is 9.50. The Balaban J connectivity index is 3.02. The average Bonchev–Trinajstić information content (AvgIpc) is 1.81. The molecule has 0 spiro atoms. The lowest BCUT2D eigenvalue weighted by atomic mass is 10.4. The maximum absolute atomic E-state index is 4.50. The molecule has 0 saturated heterocycles. The molecule has 0 aliphatic rings. The number of aliphatic imine (C=N–C) groups is 1. The summed E-state index contributed by atoms with van der Waals surface area (Å²) in [5, 5.41) is 1.50. The fourth-order valence-electron chi connectivity index (χ4n) is 0.283. The van der Waals surface area contributed by atoms with Crippen molar-refractivity contribution in [3.63, 3.8) is 0 Å². The van der Waals surface area contributed by atoms with Crippen molar-refractivity contribution < 1.29 is 0 Å². The molecular weight excluding hydrogens is 118 g/mol. The van der Waals surface area contributed by atoms with Crippen LogP contribution >= 0.6 is 12.2 Å². The van der Waals surface area contributed by atoms with Gasteiger partial charge in [-0.3, -0.25) is 4.99 Å². The van der Waals surface area contributed by atoms with Gasteiger partial charge >= 0.3 is 0 Å². The molecule has 0 radical (unpaired) electrons. The van der Waals surface area contributed by atoms with Crippen molar-refractivity contribution in [3.8, 4) is 0 Å². The van der Waals surface area contributed by atoms with Gasteiger partial charge in [0.1, 0.15) is 0 Å². The summed E-state index contributed by atoms with van der Waals surface area (Å²) in [6.07, 6.45) is 4.39. The molecule has 0 saturated carbocycles. The van der Waals surface area contributed by atoms with Gasteiger partial charge in [0.05, 0.1) is 0 Å². The van der Waals surface area contributed by atoms with E-state index in [1.54, 1.807) is 6.21 Å². The van der Waals surface area contributed by atoms with Crippen LogP contribution in [0.25, 0.3) is 0 Å². The van der Waals surface area contributed by atoms with E-state index in [2.05, 4.69) is 23.8 Å². The van der Waals surface area contributed by atoms with Gasteiger partial charge in [0.2, 0.25) is 0 Å². The standard InChI is InChI=1S/C6H9NS/c1-2-3-4-7-5-6-8/h2,5-6H,1,3-4H2. The van der Waals surface area contributed by atoms with Crippen LogP contribution in [-0.4, -0.2) is 18.1 Å². The van der Waals surface area contributed by atoms with E-state index in [0.29, 0.717) is 0 Å². The third-order valence-electron chi connectivity index (χ3n) is 0.629. The molecule has 0 aromatic rings. The molecule has 0 atom stereocenters. The third kappa shape index (κ3) is 5.50. The van der Waals surface area contributed by atoms with Crippen LogP contribution in [0.3, 0.4) is 0 Å². The molecule has 0 aliphatic carbocycles. The Kier molecular flexibility index (Phi) is 6.09. The van der Waals surface area contributed by atoms with Gasteiger partial charge in [-0.05, 0) is 6.42 Å². The highest BCUT2D eigenvalue weighted by atomic mass is 32.1.